The Morgan fingerprint density at radius 2 is 2.57 bits per heavy atom. The molecule has 0 bridgehead atoms. The Morgan fingerprint density at radius 1 is 1.71 bits per heavy atom. The van der Waals surface area contributed by atoms with Gasteiger partial charge in [-0.1, -0.05) is 0 Å². The zero-order chi connectivity index (χ0) is 9.97. The predicted octanol–water partition coefficient (Wildman–Crippen LogP) is 0.294. The monoisotopic (exact) mass is 195 g/mol. The minimum absolute atomic E-state index is 0.155. The van der Waals surface area contributed by atoms with Crippen LogP contribution in [0.25, 0.3) is 0 Å². The fraction of sp³-hybridized carbons (Fsp3) is 0.444. The van der Waals surface area contributed by atoms with Crippen LogP contribution >= 0.6 is 0 Å². The number of hydrogen-bond donors (Lipinski definition) is 2. The van der Waals surface area contributed by atoms with E-state index in [9.17, 15) is 4.79 Å². The van der Waals surface area contributed by atoms with E-state index in [1.165, 1.54) is 0 Å². The van der Waals surface area contributed by atoms with Gasteiger partial charge in [0.1, 0.15) is 6.10 Å². The van der Waals surface area contributed by atoms with Crippen molar-refractivity contribution in [1.82, 2.24) is 9.88 Å². The van der Waals surface area contributed by atoms with E-state index in [-0.39, 0.29) is 12.2 Å². The van der Waals surface area contributed by atoms with Crippen LogP contribution in [0.2, 0.25) is 0 Å². The van der Waals surface area contributed by atoms with Crippen molar-refractivity contribution in [2.75, 3.05) is 13.1 Å². The summed E-state index contributed by atoms with van der Waals surface area (Å²) in [5, 5.41) is 0. The predicted molar refractivity (Wildman–Crippen MR) is 50.5 cm³/mol. The molecule has 1 aliphatic heterocycles. The van der Waals surface area contributed by atoms with Crippen LogP contribution in [0.1, 0.15) is 5.69 Å². The van der Waals surface area contributed by atoms with E-state index in [4.69, 9.17) is 10.5 Å². The van der Waals surface area contributed by atoms with Crippen LogP contribution in [0.4, 0.5) is 4.79 Å². The van der Waals surface area contributed by atoms with E-state index in [1.807, 2.05) is 18.3 Å². The lowest BCUT2D eigenvalue weighted by Crippen LogP contribution is -2.27. The van der Waals surface area contributed by atoms with Crippen molar-refractivity contribution in [2.45, 2.75) is 12.6 Å². The van der Waals surface area contributed by atoms with Gasteiger partial charge in [0.05, 0.1) is 13.1 Å². The molecule has 1 aromatic rings. The number of carbonyl (C=O) groups excluding carboxylic acids is 1. The summed E-state index contributed by atoms with van der Waals surface area (Å²) in [5.41, 5.74) is 6.42. The van der Waals surface area contributed by atoms with E-state index in [2.05, 4.69) is 4.98 Å². The number of cyclic esters (lactones) is 1. The van der Waals surface area contributed by atoms with E-state index >= 15 is 0 Å². The normalized spacial score (nSPS) is 21.4. The molecular formula is C9H13N3O2. The first-order chi connectivity index (χ1) is 6.79. The zero-order valence-electron chi connectivity index (χ0n) is 7.77. The number of ether oxygens (including phenoxy) is 1. The van der Waals surface area contributed by atoms with Gasteiger partial charge in [-0.2, -0.15) is 0 Å². The number of carbonyl (C=O) groups is 1. The van der Waals surface area contributed by atoms with Crippen molar-refractivity contribution in [3.05, 3.63) is 24.0 Å². The number of aromatic amines is 1. The molecule has 2 heterocycles. The molecule has 3 N–H and O–H groups in total. The van der Waals surface area contributed by atoms with Gasteiger partial charge in [0.2, 0.25) is 0 Å². The lowest BCUT2D eigenvalue weighted by molar-refractivity contribution is 0.134. The smallest absolute Gasteiger partial charge is 0.410 e. The topological polar surface area (TPSA) is 71.3 Å². The molecule has 5 heteroatoms. The third-order valence-corrected chi connectivity index (χ3v) is 2.24. The Bertz CT molecular complexity index is 310. The summed E-state index contributed by atoms with van der Waals surface area (Å²) in [6.45, 7) is 1.52. The summed E-state index contributed by atoms with van der Waals surface area (Å²) >= 11 is 0. The van der Waals surface area contributed by atoms with Crippen molar-refractivity contribution in [1.29, 1.82) is 0 Å². The standard InChI is InChI=1S/C9H13N3O2/c10-4-8-6-12(9(13)14-8)5-7-2-1-3-11-7/h1-3,8,11H,4-6,10H2. The Morgan fingerprint density at radius 3 is 3.14 bits per heavy atom. The maximum absolute atomic E-state index is 11.3. The fourth-order valence-corrected chi connectivity index (χ4v) is 1.50. The first-order valence-corrected chi connectivity index (χ1v) is 4.57. The van der Waals surface area contributed by atoms with Gasteiger partial charge >= 0.3 is 6.09 Å². The molecule has 1 fully saturated rings. The van der Waals surface area contributed by atoms with E-state index in [0.717, 1.165) is 5.69 Å². The number of aromatic nitrogens is 1. The molecule has 14 heavy (non-hydrogen) atoms. The molecule has 0 saturated carbocycles. The molecule has 2 rings (SSSR count). The van der Waals surface area contributed by atoms with Crippen LogP contribution in [0.3, 0.4) is 0 Å². The maximum Gasteiger partial charge on any atom is 0.410 e. The number of H-pyrrole nitrogens is 1. The molecule has 0 radical (unpaired) electrons. The van der Waals surface area contributed by atoms with Crippen molar-refractivity contribution in [3.63, 3.8) is 0 Å². The van der Waals surface area contributed by atoms with E-state index in [0.29, 0.717) is 19.6 Å². The van der Waals surface area contributed by atoms with Crippen LogP contribution in [-0.4, -0.2) is 35.2 Å². The molecule has 76 valence electrons. The van der Waals surface area contributed by atoms with E-state index in [1.54, 1.807) is 4.90 Å². The summed E-state index contributed by atoms with van der Waals surface area (Å²) in [7, 11) is 0. The number of hydrogen-bond acceptors (Lipinski definition) is 3. The Labute approximate surface area is 81.8 Å². The van der Waals surface area contributed by atoms with Crippen molar-refractivity contribution >= 4 is 6.09 Å². The van der Waals surface area contributed by atoms with Crippen LogP contribution < -0.4 is 5.73 Å². The van der Waals surface area contributed by atoms with Gasteiger partial charge in [-0.15, -0.1) is 0 Å². The second-order valence-electron chi connectivity index (χ2n) is 3.32. The second-order valence-corrected chi connectivity index (χ2v) is 3.32. The molecule has 1 amide bonds. The summed E-state index contributed by atoms with van der Waals surface area (Å²) < 4.78 is 5.02. The van der Waals surface area contributed by atoms with Crippen molar-refractivity contribution < 1.29 is 9.53 Å². The Hall–Kier alpha value is -1.49. The SMILES string of the molecule is NCC1CN(Cc2ccc[nH]2)C(=O)O1. The Kier molecular flexibility index (Phi) is 2.41. The van der Waals surface area contributed by atoms with Gasteiger partial charge in [-0.25, -0.2) is 4.79 Å². The van der Waals surface area contributed by atoms with Crippen LogP contribution in [0.5, 0.6) is 0 Å². The van der Waals surface area contributed by atoms with Crippen molar-refractivity contribution in [3.8, 4) is 0 Å². The number of nitrogens with one attached hydrogen (secondary N) is 1. The zero-order valence-corrected chi connectivity index (χ0v) is 7.77. The highest BCUT2D eigenvalue weighted by Gasteiger charge is 2.30. The Balaban J connectivity index is 1.96. The quantitative estimate of drug-likeness (QED) is 0.728. The molecule has 1 unspecified atom stereocenters. The minimum Gasteiger partial charge on any atom is -0.443 e. The van der Waals surface area contributed by atoms with Gasteiger partial charge in [-0.05, 0) is 12.1 Å². The average Bonchev–Trinajstić information content (AvgIpc) is 2.78. The molecule has 1 atom stereocenters. The van der Waals surface area contributed by atoms with E-state index < -0.39 is 0 Å². The number of nitrogens with zero attached hydrogens (tertiary/aromatic N) is 1. The summed E-state index contributed by atoms with van der Waals surface area (Å²) in [6, 6.07) is 3.83. The molecule has 1 aliphatic rings. The molecule has 0 spiro atoms. The van der Waals surface area contributed by atoms with Gasteiger partial charge in [0.15, 0.2) is 0 Å². The molecule has 0 aromatic carbocycles. The minimum atomic E-state index is -0.282. The summed E-state index contributed by atoms with van der Waals surface area (Å²) in [5.74, 6) is 0. The highest BCUT2D eigenvalue weighted by atomic mass is 16.6. The van der Waals surface area contributed by atoms with Crippen LogP contribution in [-0.2, 0) is 11.3 Å². The lowest BCUT2D eigenvalue weighted by atomic mass is 10.3. The number of nitrogens with two attached hydrogens (primary N) is 1. The third kappa shape index (κ3) is 1.72. The van der Waals surface area contributed by atoms with Crippen LogP contribution in [0.15, 0.2) is 18.3 Å². The highest BCUT2D eigenvalue weighted by molar-refractivity contribution is 5.69. The highest BCUT2D eigenvalue weighted by Crippen LogP contribution is 2.13. The summed E-state index contributed by atoms with van der Waals surface area (Å²) in [4.78, 5) is 16.0. The van der Waals surface area contributed by atoms with Gasteiger partial charge in [0, 0.05) is 18.4 Å². The molecule has 5 nitrogen and oxygen atoms in total. The first-order valence-electron chi connectivity index (χ1n) is 4.57. The molecule has 1 saturated heterocycles. The van der Waals surface area contributed by atoms with Crippen LogP contribution in [0, 0.1) is 0 Å². The van der Waals surface area contributed by atoms with Gasteiger partial charge in [-0.3, -0.25) is 4.90 Å². The van der Waals surface area contributed by atoms with Crippen molar-refractivity contribution in [2.24, 2.45) is 5.73 Å². The lowest BCUT2D eigenvalue weighted by Gasteiger charge is -2.10. The first kappa shape index (κ1) is 9.08. The van der Waals surface area contributed by atoms with Gasteiger partial charge < -0.3 is 15.5 Å². The average molecular weight is 195 g/mol. The fourth-order valence-electron chi connectivity index (χ4n) is 1.50. The second kappa shape index (κ2) is 3.71. The summed E-state index contributed by atoms with van der Waals surface area (Å²) in [6.07, 6.45) is 1.39. The molecular weight excluding hydrogens is 182 g/mol. The third-order valence-electron chi connectivity index (χ3n) is 2.24. The molecule has 0 aliphatic carbocycles. The maximum atomic E-state index is 11.3. The number of amides is 1. The van der Waals surface area contributed by atoms with Gasteiger partial charge in [0.25, 0.3) is 0 Å². The number of rotatable bonds is 3. The molecule has 1 aromatic heterocycles. The largest absolute Gasteiger partial charge is 0.443 e.